The maximum atomic E-state index is 12.3. The Kier molecular flexibility index (Phi) is 3.49. The molecular weight excluding hydrogens is 234 g/mol. The molecule has 3 unspecified atom stereocenters. The molecule has 4 nitrogen and oxygen atoms in total. The van der Waals surface area contributed by atoms with Gasteiger partial charge in [0.05, 0.1) is 11.5 Å². The fraction of sp³-hybridized carbons (Fsp3) is 0.667. The molecule has 1 fully saturated rings. The van der Waals surface area contributed by atoms with E-state index in [9.17, 15) is 4.79 Å². The zero-order chi connectivity index (χ0) is 12.5. The van der Waals surface area contributed by atoms with Gasteiger partial charge in [-0.2, -0.15) is 0 Å². The molecule has 1 aromatic heterocycles. The van der Waals surface area contributed by atoms with Crippen LogP contribution in [0.15, 0.2) is 11.6 Å². The van der Waals surface area contributed by atoms with Crippen LogP contribution in [0.3, 0.4) is 0 Å². The summed E-state index contributed by atoms with van der Waals surface area (Å²) < 4.78 is 0. The lowest BCUT2D eigenvalue weighted by Crippen LogP contribution is -2.47. The van der Waals surface area contributed by atoms with Crippen LogP contribution in [0.5, 0.6) is 0 Å². The van der Waals surface area contributed by atoms with Crippen LogP contribution in [0.25, 0.3) is 0 Å². The molecule has 1 aliphatic rings. The number of hydrogen-bond donors (Lipinski definition) is 2. The molecule has 0 radical (unpaired) electrons. The molecule has 1 saturated carbocycles. The second-order valence-corrected chi connectivity index (χ2v) is 5.91. The van der Waals surface area contributed by atoms with Crippen LogP contribution < -0.4 is 11.1 Å². The largest absolute Gasteiger partial charge is 0.347 e. The standard InChI is InChI=1S/C12H19N3OS/c1-8(10-14-6-7-17-10)15-11(16)12(2)5-3-4-9(12)13/h6-9H,3-5,13H2,1-2H3,(H,15,16). The Morgan fingerprint density at radius 1 is 1.76 bits per heavy atom. The van der Waals surface area contributed by atoms with Crippen molar-refractivity contribution in [3.63, 3.8) is 0 Å². The quantitative estimate of drug-likeness (QED) is 0.863. The van der Waals surface area contributed by atoms with E-state index in [1.807, 2.05) is 19.2 Å². The topological polar surface area (TPSA) is 68.0 Å². The third kappa shape index (κ3) is 2.35. The number of rotatable bonds is 3. The van der Waals surface area contributed by atoms with Crippen LogP contribution in [0, 0.1) is 5.41 Å². The Hall–Kier alpha value is -0.940. The van der Waals surface area contributed by atoms with Gasteiger partial charge in [0, 0.05) is 17.6 Å². The van der Waals surface area contributed by atoms with Gasteiger partial charge in [0.15, 0.2) is 0 Å². The molecule has 1 aliphatic carbocycles. The summed E-state index contributed by atoms with van der Waals surface area (Å²) in [5.74, 6) is 0.0604. The van der Waals surface area contributed by atoms with E-state index in [0.717, 1.165) is 24.3 Å². The van der Waals surface area contributed by atoms with Gasteiger partial charge in [-0.15, -0.1) is 11.3 Å². The number of nitrogens with zero attached hydrogens (tertiary/aromatic N) is 1. The molecule has 1 heterocycles. The summed E-state index contributed by atoms with van der Waals surface area (Å²) >= 11 is 1.56. The van der Waals surface area contributed by atoms with Crippen LogP contribution in [0.4, 0.5) is 0 Å². The van der Waals surface area contributed by atoms with Crippen molar-refractivity contribution in [1.82, 2.24) is 10.3 Å². The maximum absolute atomic E-state index is 12.3. The highest BCUT2D eigenvalue weighted by atomic mass is 32.1. The van der Waals surface area contributed by atoms with E-state index in [-0.39, 0.29) is 18.0 Å². The lowest BCUT2D eigenvalue weighted by atomic mass is 9.84. The number of hydrogen-bond acceptors (Lipinski definition) is 4. The maximum Gasteiger partial charge on any atom is 0.228 e. The summed E-state index contributed by atoms with van der Waals surface area (Å²) in [5, 5.41) is 5.88. The minimum atomic E-state index is -0.411. The van der Waals surface area contributed by atoms with Crippen molar-refractivity contribution in [3.05, 3.63) is 16.6 Å². The first-order valence-corrected chi connectivity index (χ1v) is 6.88. The summed E-state index contributed by atoms with van der Waals surface area (Å²) in [6, 6.07) is -0.0573. The average Bonchev–Trinajstić information content (AvgIpc) is 2.90. The molecule has 0 spiro atoms. The highest BCUT2D eigenvalue weighted by Gasteiger charge is 2.43. The number of thiazole rings is 1. The van der Waals surface area contributed by atoms with E-state index in [1.54, 1.807) is 17.5 Å². The van der Waals surface area contributed by atoms with E-state index in [0.29, 0.717) is 0 Å². The lowest BCUT2D eigenvalue weighted by molar-refractivity contribution is -0.131. The summed E-state index contributed by atoms with van der Waals surface area (Å²) in [7, 11) is 0. The summed E-state index contributed by atoms with van der Waals surface area (Å²) in [6.07, 6.45) is 4.61. The van der Waals surface area contributed by atoms with E-state index in [1.165, 1.54) is 0 Å². The van der Waals surface area contributed by atoms with Crippen molar-refractivity contribution in [3.8, 4) is 0 Å². The zero-order valence-electron chi connectivity index (χ0n) is 10.3. The van der Waals surface area contributed by atoms with Crippen molar-refractivity contribution >= 4 is 17.2 Å². The minimum absolute atomic E-state index is 0.0222. The van der Waals surface area contributed by atoms with Gasteiger partial charge in [-0.25, -0.2) is 4.98 Å². The zero-order valence-corrected chi connectivity index (χ0v) is 11.1. The monoisotopic (exact) mass is 253 g/mol. The first-order valence-electron chi connectivity index (χ1n) is 6.00. The molecule has 0 bridgehead atoms. The second kappa shape index (κ2) is 4.74. The van der Waals surface area contributed by atoms with E-state index < -0.39 is 5.41 Å². The molecule has 0 saturated heterocycles. The number of nitrogens with two attached hydrogens (primary N) is 1. The van der Waals surface area contributed by atoms with Crippen LogP contribution in [0.2, 0.25) is 0 Å². The molecule has 0 aromatic carbocycles. The van der Waals surface area contributed by atoms with E-state index in [4.69, 9.17) is 5.73 Å². The Balaban J connectivity index is 2.02. The Labute approximate surface area is 106 Å². The van der Waals surface area contributed by atoms with Gasteiger partial charge in [-0.3, -0.25) is 4.79 Å². The number of amides is 1. The molecule has 3 N–H and O–H groups in total. The molecule has 2 rings (SSSR count). The highest BCUT2D eigenvalue weighted by Crippen LogP contribution is 2.37. The molecule has 5 heteroatoms. The number of nitrogens with one attached hydrogen (secondary N) is 1. The summed E-state index contributed by atoms with van der Waals surface area (Å²) in [4.78, 5) is 16.5. The van der Waals surface area contributed by atoms with Crippen LogP contribution in [0.1, 0.15) is 44.2 Å². The normalized spacial score (nSPS) is 30.2. The number of carbonyl (C=O) groups is 1. The Bertz CT molecular complexity index is 392. The van der Waals surface area contributed by atoms with Gasteiger partial charge >= 0.3 is 0 Å². The van der Waals surface area contributed by atoms with Gasteiger partial charge < -0.3 is 11.1 Å². The van der Waals surface area contributed by atoms with Gasteiger partial charge in [-0.1, -0.05) is 6.42 Å². The third-order valence-corrected chi connectivity index (χ3v) is 4.68. The van der Waals surface area contributed by atoms with Gasteiger partial charge in [0.2, 0.25) is 5.91 Å². The predicted octanol–water partition coefficient (Wildman–Crippen LogP) is 1.84. The van der Waals surface area contributed by atoms with Gasteiger partial charge in [-0.05, 0) is 26.7 Å². The SMILES string of the molecule is CC(NC(=O)C1(C)CCCC1N)c1nccs1. The van der Waals surface area contributed by atoms with E-state index in [2.05, 4.69) is 10.3 Å². The van der Waals surface area contributed by atoms with Crippen molar-refractivity contribution in [1.29, 1.82) is 0 Å². The van der Waals surface area contributed by atoms with Crippen LogP contribution >= 0.6 is 11.3 Å². The van der Waals surface area contributed by atoms with E-state index >= 15 is 0 Å². The predicted molar refractivity (Wildman–Crippen MR) is 68.6 cm³/mol. The van der Waals surface area contributed by atoms with Crippen LogP contribution in [-0.2, 0) is 4.79 Å². The molecule has 17 heavy (non-hydrogen) atoms. The van der Waals surface area contributed by atoms with Crippen molar-refractivity contribution in [2.24, 2.45) is 11.1 Å². The molecule has 3 atom stereocenters. The number of aromatic nitrogens is 1. The van der Waals surface area contributed by atoms with Crippen molar-refractivity contribution in [2.45, 2.75) is 45.2 Å². The summed E-state index contributed by atoms with van der Waals surface area (Å²) in [6.45, 7) is 3.93. The average molecular weight is 253 g/mol. The first-order chi connectivity index (χ1) is 8.04. The minimum Gasteiger partial charge on any atom is -0.347 e. The summed E-state index contributed by atoms with van der Waals surface area (Å²) in [5.41, 5.74) is 5.62. The van der Waals surface area contributed by atoms with Crippen molar-refractivity contribution < 1.29 is 4.79 Å². The third-order valence-electron chi connectivity index (χ3n) is 3.72. The molecule has 1 aromatic rings. The smallest absolute Gasteiger partial charge is 0.228 e. The molecule has 0 aliphatic heterocycles. The molecule has 1 amide bonds. The lowest BCUT2D eigenvalue weighted by Gasteiger charge is -2.28. The Morgan fingerprint density at radius 2 is 2.53 bits per heavy atom. The molecular formula is C12H19N3OS. The second-order valence-electron chi connectivity index (χ2n) is 4.98. The number of carbonyl (C=O) groups excluding carboxylic acids is 1. The Morgan fingerprint density at radius 3 is 3.06 bits per heavy atom. The van der Waals surface area contributed by atoms with Crippen molar-refractivity contribution in [2.75, 3.05) is 0 Å². The van der Waals surface area contributed by atoms with Gasteiger partial charge in [0.25, 0.3) is 0 Å². The fourth-order valence-corrected chi connectivity index (χ4v) is 2.99. The first kappa shape index (κ1) is 12.5. The highest BCUT2D eigenvalue weighted by molar-refractivity contribution is 7.09. The van der Waals surface area contributed by atoms with Crippen LogP contribution in [-0.4, -0.2) is 16.9 Å². The van der Waals surface area contributed by atoms with Gasteiger partial charge in [0.1, 0.15) is 5.01 Å². The fourth-order valence-electron chi connectivity index (χ4n) is 2.35. The molecule has 94 valence electrons.